The van der Waals surface area contributed by atoms with E-state index in [2.05, 4.69) is 5.32 Å². The summed E-state index contributed by atoms with van der Waals surface area (Å²) < 4.78 is 28.9. The predicted molar refractivity (Wildman–Crippen MR) is 156 cm³/mol. The van der Waals surface area contributed by atoms with Crippen molar-refractivity contribution in [3.63, 3.8) is 0 Å². The molecule has 7 nitrogen and oxygen atoms in total. The molecule has 3 aromatic rings. The van der Waals surface area contributed by atoms with Crippen LogP contribution in [0.3, 0.4) is 0 Å². The highest BCUT2D eigenvalue weighted by Crippen LogP contribution is 2.30. The molecule has 1 atom stereocenters. The molecule has 0 saturated carbocycles. The first-order chi connectivity index (χ1) is 18.4. The molecule has 39 heavy (non-hydrogen) atoms. The van der Waals surface area contributed by atoms with Gasteiger partial charge in [0.2, 0.25) is 11.8 Å². The number of hydrogen-bond acceptors (Lipinski definition) is 4. The lowest BCUT2D eigenvalue weighted by atomic mass is 10.1. The van der Waals surface area contributed by atoms with Crippen molar-refractivity contribution in [3.05, 3.63) is 94.5 Å². The van der Waals surface area contributed by atoms with Crippen LogP contribution in [0.2, 0.25) is 5.02 Å². The largest absolute Gasteiger partial charge is 0.352 e. The van der Waals surface area contributed by atoms with Gasteiger partial charge in [0.25, 0.3) is 10.0 Å². The van der Waals surface area contributed by atoms with Crippen molar-refractivity contribution >= 4 is 39.1 Å². The van der Waals surface area contributed by atoms with E-state index in [1.807, 2.05) is 51.1 Å². The van der Waals surface area contributed by atoms with Crippen LogP contribution in [0.1, 0.15) is 37.5 Å². The standard InChI is InChI=1S/C30H36ClN3O4S/c1-21(2)32-30(36)24(5)33(18-17-25-9-7-6-8-10-25)29(35)20-34(28-19-26(31)14-13-23(28)4)39(37,38)27-15-11-22(3)12-16-27/h6-16,19,21,24H,17-18,20H2,1-5H3,(H,32,36). The zero-order chi connectivity index (χ0) is 28.7. The summed E-state index contributed by atoms with van der Waals surface area (Å²) in [6.07, 6.45) is 0.507. The zero-order valence-electron chi connectivity index (χ0n) is 23.0. The molecule has 0 aliphatic carbocycles. The highest BCUT2D eigenvalue weighted by atomic mass is 35.5. The molecule has 0 bridgehead atoms. The number of hydrogen-bond donors (Lipinski definition) is 1. The van der Waals surface area contributed by atoms with Crippen LogP contribution in [0.15, 0.2) is 77.7 Å². The molecule has 1 unspecified atom stereocenters. The molecule has 0 aliphatic heterocycles. The van der Waals surface area contributed by atoms with E-state index in [1.165, 1.54) is 17.0 Å². The number of nitrogens with one attached hydrogen (secondary N) is 1. The van der Waals surface area contributed by atoms with Crippen molar-refractivity contribution in [1.29, 1.82) is 0 Å². The summed E-state index contributed by atoms with van der Waals surface area (Å²) in [5.74, 6) is -0.800. The Kier molecular flexibility index (Phi) is 10.2. The molecule has 0 radical (unpaired) electrons. The maximum Gasteiger partial charge on any atom is 0.264 e. The maximum absolute atomic E-state index is 13.9. The molecule has 0 aromatic heterocycles. The molecule has 9 heteroatoms. The summed E-state index contributed by atoms with van der Waals surface area (Å²) in [6, 6.07) is 20.1. The van der Waals surface area contributed by atoms with Gasteiger partial charge in [-0.2, -0.15) is 0 Å². The van der Waals surface area contributed by atoms with Gasteiger partial charge in [0, 0.05) is 17.6 Å². The lowest BCUT2D eigenvalue weighted by Crippen LogP contribution is -2.53. The van der Waals surface area contributed by atoms with Gasteiger partial charge >= 0.3 is 0 Å². The second kappa shape index (κ2) is 13.1. The van der Waals surface area contributed by atoms with E-state index >= 15 is 0 Å². The highest BCUT2D eigenvalue weighted by Gasteiger charge is 2.33. The molecular formula is C30H36ClN3O4S. The number of anilines is 1. The van der Waals surface area contributed by atoms with Crippen LogP contribution in [0, 0.1) is 13.8 Å². The van der Waals surface area contributed by atoms with Gasteiger partial charge < -0.3 is 10.2 Å². The Morgan fingerprint density at radius 2 is 1.56 bits per heavy atom. The number of halogens is 1. The Morgan fingerprint density at radius 3 is 2.18 bits per heavy atom. The van der Waals surface area contributed by atoms with Gasteiger partial charge in [0.1, 0.15) is 12.6 Å². The summed E-state index contributed by atoms with van der Waals surface area (Å²) in [6.45, 7) is 8.72. The average molecular weight is 570 g/mol. The summed E-state index contributed by atoms with van der Waals surface area (Å²) in [5, 5.41) is 3.20. The van der Waals surface area contributed by atoms with E-state index in [1.54, 1.807) is 44.2 Å². The van der Waals surface area contributed by atoms with Gasteiger partial charge in [-0.1, -0.05) is 65.7 Å². The number of sulfonamides is 1. The third-order valence-electron chi connectivity index (χ3n) is 6.41. The Morgan fingerprint density at radius 1 is 0.923 bits per heavy atom. The molecule has 0 fully saturated rings. The van der Waals surface area contributed by atoms with E-state index in [-0.39, 0.29) is 23.4 Å². The number of rotatable bonds is 11. The highest BCUT2D eigenvalue weighted by molar-refractivity contribution is 7.92. The monoisotopic (exact) mass is 569 g/mol. The fourth-order valence-corrected chi connectivity index (χ4v) is 5.81. The molecule has 1 N–H and O–H groups in total. The first-order valence-electron chi connectivity index (χ1n) is 12.9. The van der Waals surface area contributed by atoms with Crippen LogP contribution >= 0.6 is 11.6 Å². The fourth-order valence-electron chi connectivity index (χ4n) is 4.18. The van der Waals surface area contributed by atoms with E-state index in [0.717, 1.165) is 15.4 Å². The van der Waals surface area contributed by atoms with Gasteiger partial charge in [-0.3, -0.25) is 13.9 Å². The Balaban J connectivity index is 2.02. The first kappa shape index (κ1) is 30.2. The summed E-state index contributed by atoms with van der Waals surface area (Å²) in [5.41, 5.74) is 2.86. The number of aryl methyl sites for hydroxylation is 2. The van der Waals surface area contributed by atoms with Crippen LogP contribution in [-0.4, -0.2) is 50.3 Å². The summed E-state index contributed by atoms with van der Waals surface area (Å²) in [7, 11) is -4.14. The number of nitrogens with zero attached hydrogens (tertiary/aromatic N) is 2. The van der Waals surface area contributed by atoms with E-state index in [9.17, 15) is 18.0 Å². The van der Waals surface area contributed by atoms with Crippen molar-refractivity contribution in [2.45, 2.75) is 58.0 Å². The maximum atomic E-state index is 13.9. The second-order valence-corrected chi connectivity index (χ2v) is 12.2. The minimum Gasteiger partial charge on any atom is -0.352 e. The van der Waals surface area contributed by atoms with Crippen molar-refractivity contribution in [2.75, 3.05) is 17.4 Å². The van der Waals surface area contributed by atoms with Gasteiger partial charge in [-0.25, -0.2) is 8.42 Å². The van der Waals surface area contributed by atoms with Crippen molar-refractivity contribution in [2.24, 2.45) is 0 Å². The van der Waals surface area contributed by atoms with Crippen molar-refractivity contribution in [3.8, 4) is 0 Å². The van der Waals surface area contributed by atoms with Gasteiger partial charge in [-0.05, 0) is 76.4 Å². The SMILES string of the molecule is Cc1ccc(S(=O)(=O)N(CC(=O)N(CCc2ccccc2)C(C)C(=O)NC(C)C)c2cc(Cl)ccc2C)cc1. The van der Waals surface area contributed by atoms with Crippen LogP contribution in [0.4, 0.5) is 5.69 Å². The van der Waals surface area contributed by atoms with Gasteiger partial charge in [-0.15, -0.1) is 0 Å². The lowest BCUT2D eigenvalue weighted by molar-refractivity contribution is -0.139. The molecule has 0 spiro atoms. The number of benzene rings is 3. The third-order valence-corrected chi connectivity index (χ3v) is 8.42. The zero-order valence-corrected chi connectivity index (χ0v) is 24.6. The number of carbonyl (C=O) groups is 2. The third kappa shape index (κ3) is 7.83. The van der Waals surface area contributed by atoms with Crippen LogP contribution in [0.5, 0.6) is 0 Å². The molecule has 208 valence electrons. The predicted octanol–water partition coefficient (Wildman–Crippen LogP) is 5.14. The van der Waals surface area contributed by atoms with Crippen LogP contribution in [0.25, 0.3) is 0 Å². The molecule has 3 aromatic carbocycles. The van der Waals surface area contributed by atoms with E-state index in [4.69, 9.17) is 11.6 Å². The number of amides is 2. The van der Waals surface area contributed by atoms with Gasteiger partial charge in [0.15, 0.2) is 0 Å². The number of carbonyl (C=O) groups excluding carboxylic acids is 2. The Hall–Kier alpha value is -3.36. The minimum atomic E-state index is -4.14. The molecule has 0 saturated heterocycles. The minimum absolute atomic E-state index is 0.0571. The van der Waals surface area contributed by atoms with Crippen LogP contribution < -0.4 is 9.62 Å². The molecule has 2 amide bonds. The smallest absolute Gasteiger partial charge is 0.264 e. The molecule has 0 aliphatic rings. The second-order valence-electron chi connectivity index (χ2n) is 9.92. The average Bonchev–Trinajstić information content (AvgIpc) is 2.89. The Labute approximate surface area is 236 Å². The van der Waals surface area contributed by atoms with Gasteiger partial charge in [0.05, 0.1) is 10.6 Å². The molecule has 3 rings (SSSR count). The topological polar surface area (TPSA) is 86.8 Å². The summed E-state index contributed by atoms with van der Waals surface area (Å²) in [4.78, 5) is 28.4. The van der Waals surface area contributed by atoms with Crippen LogP contribution in [-0.2, 0) is 26.0 Å². The molecular weight excluding hydrogens is 534 g/mol. The quantitative estimate of drug-likeness (QED) is 0.346. The summed E-state index contributed by atoms with van der Waals surface area (Å²) >= 11 is 6.27. The van der Waals surface area contributed by atoms with Crippen molar-refractivity contribution in [1.82, 2.24) is 10.2 Å². The lowest BCUT2D eigenvalue weighted by Gasteiger charge is -2.32. The Bertz CT molecular complexity index is 1390. The molecule has 0 heterocycles. The first-order valence-corrected chi connectivity index (χ1v) is 14.7. The normalized spacial score (nSPS) is 12.2. The van der Waals surface area contributed by atoms with E-state index in [0.29, 0.717) is 22.7 Å². The van der Waals surface area contributed by atoms with E-state index < -0.39 is 28.5 Å². The fraction of sp³-hybridized carbons (Fsp3) is 0.333. The van der Waals surface area contributed by atoms with Crippen molar-refractivity contribution < 1.29 is 18.0 Å².